The summed E-state index contributed by atoms with van der Waals surface area (Å²) in [6.45, 7) is 4.96. The van der Waals surface area contributed by atoms with E-state index in [4.69, 9.17) is 9.84 Å². The molecule has 0 spiro atoms. The van der Waals surface area contributed by atoms with Crippen LogP contribution in [0.15, 0.2) is 48.8 Å². The standard InChI is InChI=1S/C27H33N7O6/c1-17-11-34(18(2)15-35)26(37)22-10-21(29-25(36)14-33-16-28-30-31-33)8-9-23(22)40-24(17)13-32(3)12-19-4-6-20(7-5-19)27(38)39/h4-10,16-18,24,35H,11-15H2,1-3H3,(H,29,36)(H,38,39)/t17-,18+,24-/m0/s1. The van der Waals surface area contributed by atoms with E-state index in [0.29, 0.717) is 31.1 Å². The molecule has 2 aromatic carbocycles. The number of benzene rings is 2. The number of anilines is 1. The van der Waals surface area contributed by atoms with Crippen molar-refractivity contribution < 1.29 is 29.3 Å². The molecule has 40 heavy (non-hydrogen) atoms. The number of carboxylic acid groups (broad SMARTS) is 1. The Kier molecular flexibility index (Phi) is 9.07. The summed E-state index contributed by atoms with van der Waals surface area (Å²) in [6.07, 6.45) is 1.03. The van der Waals surface area contributed by atoms with E-state index >= 15 is 0 Å². The van der Waals surface area contributed by atoms with E-state index in [1.807, 2.05) is 14.0 Å². The Morgan fingerprint density at radius 3 is 2.62 bits per heavy atom. The molecule has 1 aromatic heterocycles. The molecule has 3 aromatic rings. The van der Waals surface area contributed by atoms with Gasteiger partial charge < -0.3 is 25.2 Å². The fourth-order valence-electron chi connectivity index (χ4n) is 4.55. The lowest BCUT2D eigenvalue weighted by atomic mass is 9.99. The summed E-state index contributed by atoms with van der Waals surface area (Å²) < 4.78 is 7.70. The topological polar surface area (TPSA) is 163 Å². The third-order valence-electron chi connectivity index (χ3n) is 6.79. The molecule has 13 heteroatoms. The Morgan fingerprint density at radius 1 is 1.23 bits per heavy atom. The number of fused-ring (bicyclic) bond motifs is 1. The number of nitrogens with zero attached hydrogens (tertiary/aromatic N) is 6. The number of carboxylic acids is 1. The fourth-order valence-corrected chi connectivity index (χ4v) is 4.55. The minimum absolute atomic E-state index is 0.0707. The van der Waals surface area contributed by atoms with Crippen LogP contribution in [0.4, 0.5) is 5.69 Å². The van der Waals surface area contributed by atoms with Gasteiger partial charge in [-0.1, -0.05) is 19.1 Å². The largest absolute Gasteiger partial charge is 0.488 e. The Bertz CT molecular complexity index is 1330. The molecule has 3 N–H and O–H groups in total. The van der Waals surface area contributed by atoms with Crippen LogP contribution in [0.25, 0.3) is 0 Å². The highest BCUT2D eigenvalue weighted by Crippen LogP contribution is 2.31. The molecule has 2 amide bonds. The predicted octanol–water partition coefficient (Wildman–Crippen LogP) is 1.36. The number of aliphatic hydroxyl groups is 1. The van der Waals surface area contributed by atoms with Gasteiger partial charge in [0.15, 0.2) is 0 Å². The molecule has 0 aliphatic carbocycles. The van der Waals surface area contributed by atoms with Crippen molar-refractivity contribution in [2.45, 2.75) is 39.1 Å². The smallest absolute Gasteiger partial charge is 0.335 e. The molecule has 4 rings (SSSR count). The number of carbonyl (C=O) groups is 3. The van der Waals surface area contributed by atoms with Gasteiger partial charge in [0.2, 0.25) is 5.91 Å². The normalized spacial score (nSPS) is 17.9. The van der Waals surface area contributed by atoms with Crippen molar-refractivity contribution >= 4 is 23.5 Å². The number of aliphatic hydroxyl groups excluding tert-OH is 1. The number of ether oxygens (including phenoxy) is 1. The van der Waals surface area contributed by atoms with Crippen LogP contribution in [-0.2, 0) is 17.9 Å². The number of tetrazole rings is 1. The third kappa shape index (κ3) is 6.98. The number of hydrogen-bond donors (Lipinski definition) is 3. The Morgan fingerprint density at radius 2 is 1.98 bits per heavy atom. The second-order valence-corrected chi connectivity index (χ2v) is 10.1. The number of likely N-dealkylation sites (N-methyl/N-ethyl adjacent to an activating group) is 1. The SMILES string of the molecule is C[C@H](CO)N1C[C@H](C)[C@H](CN(C)Cc2ccc(C(=O)O)cc2)Oc2ccc(NC(=O)Cn3cnnn3)cc2C1=O. The lowest BCUT2D eigenvalue weighted by Crippen LogP contribution is -2.49. The van der Waals surface area contributed by atoms with E-state index in [2.05, 4.69) is 25.7 Å². The molecule has 13 nitrogen and oxygen atoms in total. The zero-order chi connectivity index (χ0) is 28.8. The Balaban J connectivity index is 1.54. The van der Waals surface area contributed by atoms with E-state index in [1.165, 1.54) is 11.0 Å². The highest BCUT2D eigenvalue weighted by molar-refractivity contribution is 5.99. The van der Waals surface area contributed by atoms with Gasteiger partial charge in [0.25, 0.3) is 5.91 Å². The molecular weight excluding hydrogens is 518 g/mol. The van der Waals surface area contributed by atoms with Crippen molar-refractivity contribution in [2.24, 2.45) is 5.92 Å². The van der Waals surface area contributed by atoms with E-state index in [9.17, 15) is 19.5 Å². The molecule has 0 bridgehead atoms. The highest BCUT2D eigenvalue weighted by Gasteiger charge is 2.33. The van der Waals surface area contributed by atoms with Gasteiger partial charge in [0, 0.05) is 31.2 Å². The summed E-state index contributed by atoms with van der Waals surface area (Å²) in [6, 6.07) is 11.2. The molecule has 0 unspecified atom stereocenters. The predicted molar refractivity (Wildman–Crippen MR) is 144 cm³/mol. The fraction of sp³-hybridized carbons (Fsp3) is 0.407. The van der Waals surface area contributed by atoms with Crippen molar-refractivity contribution in [3.63, 3.8) is 0 Å². The van der Waals surface area contributed by atoms with Gasteiger partial charge in [-0.3, -0.25) is 14.5 Å². The van der Waals surface area contributed by atoms with Crippen LogP contribution in [0.5, 0.6) is 5.75 Å². The molecule has 0 saturated heterocycles. The number of nitrogens with one attached hydrogen (secondary N) is 1. The van der Waals surface area contributed by atoms with Gasteiger partial charge in [-0.15, -0.1) is 5.10 Å². The molecule has 0 radical (unpaired) electrons. The summed E-state index contributed by atoms with van der Waals surface area (Å²) in [5, 5.41) is 32.5. The summed E-state index contributed by atoms with van der Waals surface area (Å²) >= 11 is 0. The van der Waals surface area contributed by atoms with Gasteiger partial charge in [0.05, 0.1) is 23.8 Å². The molecule has 212 valence electrons. The Labute approximate surface area is 231 Å². The monoisotopic (exact) mass is 551 g/mol. The quantitative estimate of drug-likeness (QED) is 0.335. The minimum atomic E-state index is -0.971. The lowest BCUT2D eigenvalue weighted by Gasteiger charge is -2.38. The van der Waals surface area contributed by atoms with Gasteiger partial charge >= 0.3 is 5.97 Å². The van der Waals surface area contributed by atoms with Crippen molar-refractivity contribution in [3.05, 3.63) is 65.5 Å². The van der Waals surface area contributed by atoms with Crippen molar-refractivity contribution in [2.75, 3.05) is 32.1 Å². The second-order valence-electron chi connectivity index (χ2n) is 10.1. The maximum Gasteiger partial charge on any atom is 0.335 e. The minimum Gasteiger partial charge on any atom is -0.488 e. The zero-order valence-corrected chi connectivity index (χ0v) is 22.6. The van der Waals surface area contributed by atoms with Crippen molar-refractivity contribution in [1.82, 2.24) is 30.0 Å². The van der Waals surface area contributed by atoms with Crippen LogP contribution in [0.3, 0.4) is 0 Å². The molecule has 1 aliphatic rings. The van der Waals surface area contributed by atoms with E-state index in [0.717, 1.165) is 5.56 Å². The summed E-state index contributed by atoms with van der Waals surface area (Å²) in [5.41, 5.74) is 1.88. The summed E-state index contributed by atoms with van der Waals surface area (Å²) in [4.78, 5) is 40.9. The van der Waals surface area contributed by atoms with Crippen LogP contribution < -0.4 is 10.1 Å². The lowest BCUT2D eigenvalue weighted by molar-refractivity contribution is -0.116. The molecule has 2 heterocycles. The average molecular weight is 552 g/mol. The summed E-state index contributed by atoms with van der Waals surface area (Å²) in [5.74, 6) is -1.32. The maximum atomic E-state index is 13.6. The van der Waals surface area contributed by atoms with Gasteiger partial charge in [0.1, 0.15) is 24.7 Å². The van der Waals surface area contributed by atoms with Crippen LogP contribution >= 0.6 is 0 Å². The van der Waals surface area contributed by atoms with E-state index < -0.39 is 12.0 Å². The Hall–Kier alpha value is -4.36. The maximum absolute atomic E-state index is 13.6. The molecule has 0 fully saturated rings. The number of amides is 2. The number of hydrogen-bond acceptors (Lipinski definition) is 9. The number of aromatic carboxylic acids is 1. The van der Waals surface area contributed by atoms with Crippen molar-refractivity contribution in [1.29, 1.82) is 0 Å². The highest BCUT2D eigenvalue weighted by atomic mass is 16.5. The van der Waals surface area contributed by atoms with E-state index in [1.54, 1.807) is 54.3 Å². The van der Waals surface area contributed by atoms with Crippen LogP contribution in [0, 0.1) is 5.92 Å². The first-order chi connectivity index (χ1) is 19.1. The first-order valence-electron chi connectivity index (χ1n) is 12.9. The molecule has 1 aliphatic heterocycles. The molecular formula is C27H33N7O6. The van der Waals surface area contributed by atoms with E-state index in [-0.39, 0.29) is 48.1 Å². The first kappa shape index (κ1) is 28.6. The molecule has 0 saturated carbocycles. The van der Waals surface area contributed by atoms with Crippen LogP contribution in [0.2, 0.25) is 0 Å². The average Bonchev–Trinajstić information content (AvgIpc) is 3.43. The van der Waals surface area contributed by atoms with Gasteiger partial charge in [-0.2, -0.15) is 0 Å². The first-order valence-corrected chi connectivity index (χ1v) is 12.9. The summed E-state index contributed by atoms with van der Waals surface area (Å²) in [7, 11) is 1.95. The third-order valence-corrected chi connectivity index (χ3v) is 6.79. The van der Waals surface area contributed by atoms with Crippen LogP contribution in [-0.4, -0.2) is 96.9 Å². The van der Waals surface area contributed by atoms with Crippen molar-refractivity contribution in [3.8, 4) is 5.75 Å². The second kappa shape index (κ2) is 12.7. The van der Waals surface area contributed by atoms with Gasteiger partial charge in [-0.25, -0.2) is 9.48 Å². The van der Waals surface area contributed by atoms with Crippen LogP contribution in [0.1, 0.15) is 40.1 Å². The number of carbonyl (C=O) groups excluding carboxylic acids is 2. The number of rotatable bonds is 10. The zero-order valence-electron chi connectivity index (χ0n) is 22.6. The molecule has 3 atom stereocenters. The van der Waals surface area contributed by atoms with Gasteiger partial charge in [-0.05, 0) is 60.3 Å². The number of aromatic nitrogens is 4.